The molecule has 3 aromatic heterocycles. The normalized spacial score (nSPS) is 18.2. The number of likely N-dealkylation sites (tertiary alicyclic amines) is 1. The number of imidazole rings is 1. The lowest BCUT2D eigenvalue weighted by molar-refractivity contribution is -0.0593. The molecule has 2 aliphatic rings. The van der Waals surface area contributed by atoms with Gasteiger partial charge in [0.2, 0.25) is 5.88 Å². The maximum Gasteiger partial charge on any atom is 0.354 e. The average molecular weight is 548 g/mol. The number of hydrogen-bond acceptors (Lipinski definition) is 7. The van der Waals surface area contributed by atoms with Gasteiger partial charge in [0.15, 0.2) is 11.3 Å². The van der Waals surface area contributed by atoms with E-state index in [1.165, 1.54) is 6.07 Å². The summed E-state index contributed by atoms with van der Waals surface area (Å²) in [6.45, 7) is 3.77. The molecule has 0 spiro atoms. The average Bonchev–Trinajstić information content (AvgIpc) is 3.23. The number of aromatic carboxylic acids is 1. The molecule has 0 bridgehead atoms. The molecule has 0 unspecified atom stereocenters. The number of carboxylic acids is 1. The molecule has 202 valence electrons. The quantitative estimate of drug-likeness (QED) is 0.324. The second kappa shape index (κ2) is 11.3. The molecular weight excluding hydrogens is 518 g/mol. The molecule has 5 heterocycles. The number of pyridine rings is 2. The lowest BCUT2D eigenvalue weighted by atomic mass is 10.1. The molecule has 1 N–H and O–H groups in total. The predicted molar refractivity (Wildman–Crippen MR) is 146 cm³/mol. The fraction of sp³-hybridized carbons (Fsp3) is 0.379. The lowest BCUT2D eigenvalue weighted by Gasteiger charge is -2.32. The number of benzene rings is 1. The van der Waals surface area contributed by atoms with Crippen molar-refractivity contribution in [1.82, 2.24) is 24.4 Å². The molecular formula is C29H30ClN5O4. The molecule has 9 nitrogen and oxygen atoms in total. The van der Waals surface area contributed by atoms with E-state index in [2.05, 4.69) is 9.88 Å². The summed E-state index contributed by atoms with van der Waals surface area (Å²) in [5.74, 6) is 0.485. The Hall–Kier alpha value is -3.53. The summed E-state index contributed by atoms with van der Waals surface area (Å²) in [6.07, 6.45) is 3.65. The van der Waals surface area contributed by atoms with Crippen LogP contribution in [0.25, 0.3) is 11.2 Å². The van der Waals surface area contributed by atoms with E-state index < -0.39 is 5.97 Å². The van der Waals surface area contributed by atoms with E-state index >= 15 is 0 Å². The van der Waals surface area contributed by atoms with Crippen molar-refractivity contribution in [3.63, 3.8) is 0 Å². The smallest absolute Gasteiger partial charge is 0.354 e. The van der Waals surface area contributed by atoms with Crippen LogP contribution in [0.1, 0.15) is 46.8 Å². The Morgan fingerprint density at radius 3 is 2.62 bits per heavy atom. The number of piperidine rings is 1. The second-order valence-corrected chi connectivity index (χ2v) is 10.6. The van der Waals surface area contributed by atoms with Gasteiger partial charge in [0, 0.05) is 42.9 Å². The zero-order valence-corrected chi connectivity index (χ0v) is 22.3. The van der Waals surface area contributed by atoms with Crippen LogP contribution in [-0.4, -0.2) is 67.4 Å². The van der Waals surface area contributed by atoms with Gasteiger partial charge >= 0.3 is 5.97 Å². The first-order chi connectivity index (χ1) is 19.0. The van der Waals surface area contributed by atoms with Crippen LogP contribution in [0.5, 0.6) is 5.88 Å². The van der Waals surface area contributed by atoms with Crippen LogP contribution in [0.4, 0.5) is 0 Å². The molecule has 4 aromatic rings. The van der Waals surface area contributed by atoms with Crippen molar-refractivity contribution >= 4 is 28.7 Å². The summed E-state index contributed by atoms with van der Waals surface area (Å²) < 4.78 is 14.0. The number of halogens is 1. The first-order valence-electron chi connectivity index (χ1n) is 13.3. The van der Waals surface area contributed by atoms with E-state index in [1.807, 2.05) is 47.0 Å². The third-order valence-electron chi connectivity index (χ3n) is 7.31. The number of hydrogen-bond donors (Lipinski definition) is 1. The number of fused-ring (bicyclic) bond motifs is 1. The standard InChI is InChI=1S/C29H30ClN5O4/c30-20-4-1-3-19(15-20)16-21-5-2-6-27(31-21)39-22-9-12-34(13-10-22)18-26-32-24-7-8-25(29(36)37)33-28(24)35(26)17-23-11-14-38-23/h1-8,15,22-23H,9-14,16-18H2,(H,36,37)/t23-/m0/s1. The topological polar surface area (TPSA) is 103 Å². The zero-order chi connectivity index (χ0) is 26.8. The van der Waals surface area contributed by atoms with Crippen LogP contribution in [0.3, 0.4) is 0 Å². The molecule has 39 heavy (non-hydrogen) atoms. The number of carbonyl (C=O) groups is 1. The van der Waals surface area contributed by atoms with Gasteiger partial charge in [-0.2, -0.15) is 0 Å². The van der Waals surface area contributed by atoms with Gasteiger partial charge in [-0.25, -0.2) is 19.7 Å². The van der Waals surface area contributed by atoms with Crippen LogP contribution >= 0.6 is 11.6 Å². The molecule has 2 saturated heterocycles. The second-order valence-electron chi connectivity index (χ2n) is 10.1. The minimum atomic E-state index is -1.04. The molecule has 10 heteroatoms. The Morgan fingerprint density at radius 1 is 1.05 bits per heavy atom. The predicted octanol–water partition coefficient (Wildman–Crippen LogP) is 4.60. The number of carboxylic acid groups (broad SMARTS) is 1. The van der Waals surface area contributed by atoms with Gasteiger partial charge in [-0.3, -0.25) is 4.90 Å². The van der Waals surface area contributed by atoms with Gasteiger partial charge in [-0.1, -0.05) is 29.8 Å². The highest BCUT2D eigenvalue weighted by Gasteiger charge is 2.26. The largest absolute Gasteiger partial charge is 0.477 e. The minimum Gasteiger partial charge on any atom is -0.477 e. The van der Waals surface area contributed by atoms with Gasteiger partial charge in [0.05, 0.1) is 19.2 Å². The van der Waals surface area contributed by atoms with Crippen LogP contribution in [0.2, 0.25) is 5.02 Å². The molecule has 2 fully saturated rings. The van der Waals surface area contributed by atoms with Crippen LogP contribution in [0, 0.1) is 0 Å². The number of rotatable bonds is 9. The summed E-state index contributed by atoms with van der Waals surface area (Å²) >= 11 is 6.13. The molecule has 0 amide bonds. The Balaban J connectivity index is 1.09. The van der Waals surface area contributed by atoms with Crippen LogP contribution < -0.4 is 4.74 Å². The van der Waals surface area contributed by atoms with Crippen molar-refractivity contribution in [2.45, 2.75) is 51.0 Å². The van der Waals surface area contributed by atoms with E-state index in [4.69, 9.17) is 31.0 Å². The van der Waals surface area contributed by atoms with Crippen molar-refractivity contribution in [2.75, 3.05) is 19.7 Å². The Labute approximate surface area is 231 Å². The van der Waals surface area contributed by atoms with Crippen molar-refractivity contribution in [3.05, 3.63) is 82.4 Å². The highest BCUT2D eigenvalue weighted by atomic mass is 35.5. The lowest BCUT2D eigenvalue weighted by Crippen LogP contribution is -2.39. The third kappa shape index (κ3) is 6.06. The van der Waals surface area contributed by atoms with Crippen molar-refractivity contribution in [1.29, 1.82) is 0 Å². The summed E-state index contributed by atoms with van der Waals surface area (Å²) in [4.78, 5) is 27.8. The van der Waals surface area contributed by atoms with Gasteiger partial charge in [0.25, 0.3) is 0 Å². The molecule has 1 atom stereocenters. The summed E-state index contributed by atoms with van der Waals surface area (Å²) in [5.41, 5.74) is 3.39. The minimum absolute atomic E-state index is 0.0212. The van der Waals surface area contributed by atoms with Gasteiger partial charge in [-0.15, -0.1) is 0 Å². The zero-order valence-electron chi connectivity index (χ0n) is 21.5. The fourth-order valence-corrected chi connectivity index (χ4v) is 5.36. The SMILES string of the molecule is O=C(O)c1ccc2nc(CN3CCC(Oc4cccc(Cc5cccc(Cl)c5)n4)CC3)n(C[C@@H]3CCO3)c2n1. The van der Waals surface area contributed by atoms with Crippen molar-refractivity contribution < 1.29 is 19.4 Å². The van der Waals surface area contributed by atoms with Gasteiger partial charge in [-0.05, 0) is 55.2 Å². The van der Waals surface area contributed by atoms with E-state index in [0.717, 1.165) is 61.1 Å². The van der Waals surface area contributed by atoms with Crippen LogP contribution in [-0.2, 0) is 24.2 Å². The van der Waals surface area contributed by atoms with Crippen molar-refractivity contribution in [3.8, 4) is 5.88 Å². The Bertz CT molecular complexity index is 1480. The van der Waals surface area contributed by atoms with Crippen molar-refractivity contribution in [2.24, 2.45) is 0 Å². The summed E-state index contributed by atoms with van der Waals surface area (Å²) in [5, 5.41) is 10.1. The fourth-order valence-electron chi connectivity index (χ4n) is 5.15. The van der Waals surface area contributed by atoms with Gasteiger partial charge in [0.1, 0.15) is 17.4 Å². The third-order valence-corrected chi connectivity index (χ3v) is 7.55. The molecule has 2 aliphatic heterocycles. The molecule has 1 aromatic carbocycles. The number of ether oxygens (including phenoxy) is 2. The van der Waals surface area contributed by atoms with E-state index in [1.54, 1.807) is 6.07 Å². The number of aromatic nitrogens is 4. The Kier molecular flexibility index (Phi) is 7.45. The first-order valence-corrected chi connectivity index (χ1v) is 13.7. The summed E-state index contributed by atoms with van der Waals surface area (Å²) in [7, 11) is 0. The maximum absolute atomic E-state index is 11.5. The van der Waals surface area contributed by atoms with Gasteiger partial charge < -0.3 is 19.1 Å². The summed E-state index contributed by atoms with van der Waals surface area (Å²) in [6, 6.07) is 17.0. The monoisotopic (exact) mass is 547 g/mol. The molecule has 0 saturated carbocycles. The van der Waals surface area contributed by atoms with E-state index in [0.29, 0.717) is 36.6 Å². The maximum atomic E-state index is 11.5. The Morgan fingerprint density at radius 2 is 1.87 bits per heavy atom. The van der Waals surface area contributed by atoms with E-state index in [9.17, 15) is 9.90 Å². The number of nitrogens with zero attached hydrogens (tertiary/aromatic N) is 5. The van der Waals surface area contributed by atoms with Crippen LogP contribution in [0.15, 0.2) is 54.6 Å². The van der Waals surface area contributed by atoms with E-state index in [-0.39, 0.29) is 17.9 Å². The molecule has 0 aliphatic carbocycles. The first kappa shape index (κ1) is 25.7. The highest BCUT2D eigenvalue weighted by molar-refractivity contribution is 6.30. The molecule has 6 rings (SSSR count). The highest BCUT2D eigenvalue weighted by Crippen LogP contribution is 2.24. The molecule has 0 radical (unpaired) electrons.